The lowest BCUT2D eigenvalue weighted by atomic mass is 10.0. The Bertz CT molecular complexity index is 850. The van der Waals surface area contributed by atoms with Gasteiger partial charge in [0.25, 0.3) is 5.91 Å². The monoisotopic (exact) mass is 347 g/mol. The maximum absolute atomic E-state index is 12.3. The molecule has 1 aliphatic rings. The van der Waals surface area contributed by atoms with Gasteiger partial charge in [-0.15, -0.1) is 0 Å². The maximum atomic E-state index is 12.3. The average Bonchev–Trinajstić information content (AvgIpc) is 2.67. The Hall–Kier alpha value is -3.26. The van der Waals surface area contributed by atoms with Crippen molar-refractivity contribution in [3.05, 3.63) is 71.4 Å². The Balaban J connectivity index is 1.63. The third-order valence-corrected chi connectivity index (χ3v) is 4.43. The van der Waals surface area contributed by atoms with E-state index in [9.17, 15) is 15.2 Å². The predicted molar refractivity (Wildman–Crippen MR) is 101 cm³/mol. The molecule has 0 aromatic heterocycles. The first kappa shape index (κ1) is 17.6. The fourth-order valence-electron chi connectivity index (χ4n) is 3.07. The molecule has 2 aromatic rings. The van der Waals surface area contributed by atoms with E-state index in [0.29, 0.717) is 13.0 Å². The largest absolute Gasteiger partial charge is 0.508 e. The number of phenolic OH excluding ortho intramolecular Hbond substituents is 1. The Morgan fingerprint density at radius 1 is 1.23 bits per heavy atom. The second kappa shape index (κ2) is 8.21. The summed E-state index contributed by atoms with van der Waals surface area (Å²) in [6.07, 6.45) is 4.29. The van der Waals surface area contributed by atoms with Gasteiger partial charge < -0.3 is 15.3 Å². The summed E-state index contributed by atoms with van der Waals surface area (Å²) >= 11 is 0. The zero-order chi connectivity index (χ0) is 18.4. The molecule has 0 bridgehead atoms. The zero-order valence-corrected chi connectivity index (χ0v) is 14.5. The highest BCUT2D eigenvalue weighted by atomic mass is 16.3. The molecular weight excluding hydrogens is 326 g/mol. The maximum Gasteiger partial charge on any atom is 0.263 e. The number of phenols is 1. The van der Waals surface area contributed by atoms with Crippen molar-refractivity contribution < 1.29 is 9.90 Å². The summed E-state index contributed by atoms with van der Waals surface area (Å²) in [6.45, 7) is 1.22. The lowest BCUT2D eigenvalue weighted by Crippen LogP contribution is -2.30. The fourth-order valence-corrected chi connectivity index (χ4v) is 3.07. The summed E-state index contributed by atoms with van der Waals surface area (Å²) in [7, 11) is 0. The molecule has 2 aromatic carbocycles. The normalized spacial score (nSPS) is 13.7. The number of rotatable bonds is 5. The first-order chi connectivity index (χ1) is 12.7. The summed E-state index contributed by atoms with van der Waals surface area (Å²) in [6, 6.07) is 16.9. The van der Waals surface area contributed by atoms with E-state index < -0.39 is 0 Å². The molecule has 1 heterocycles. The Labute approximate surface area is 153 Å². The molecule has 3 rings (SSSR count). The average molecular weight is 347 g/mol. The summed E-state index contributed by atoms with van der Waals surface area (Å²) < 4.78 is 0. The van der Waals surface area contributed by atoms with Crippen LogP contribution in [0.25, 0.3) is 0 Å². The van der Waals surface area contributed by atoms with Crippen LogP contribution in [0.5, 0.6) is 5.75 Å². The van der Waals surface area contributed by atoms with Crippen LogP contribution in [0.15, 0.2) is 60.3 Å². The van der Waals surface area contributed by atoms with Crippen molar-refractivity contribution in [3.63, 3.8) is 0 Å². The van der Waals surface area contributed by atoms with E-state index in [1.165, 1.54) is 5.56 Å². The molecule has 132 valence electrons. The highest BCUT2D eigenvalue weighted by Gasteiger charge is 2.17. The summed E-state index contributed by atoms with van der Waals surface area (Å²) in [5, 5.41) is 21.5. The topological polar surface area (TPSA) is 76.4 Å². The van der Waals surface area contributed by atoms with Crippen molar-refractivity contribution in [2.75, 3.05) is 18.0 Å². The minimum atomic E-state index is -0.366. The van der Waals surface area contributed by atoms with Crippen LogP contribution < -0.4 is 10.2 Å². The number of hydrogen-bond acceptors (Lipinski definition) is 4. The van der Waals surface area contributed by atoms with Gasteiger partial charge in [0.1, 0.15) is 17.4 Å². The molecule has 0 fully saturated rings. The number of benzene rings is 2. The Morgan fingerprint density at radius 2 is 2.00 bits per heavy atom. The summed E-state index contributed by atoms with van der Waals surface area (Å²) in [5.41, 5.74) is 3.41. The first-order valence-electron chi connectivity index (χ1n) is 8.70. The van der Waals surface area contributed by atoms with Gasteiger partial charge in [-0.3, -0.25) is 4.79 Å². The van der Waals surface area contributed by atoms with E-state index in [0.717, 1.165) is 30.6 Å². The number of carbonyl (C=O) groups excluding carboxylic acids is 1. The van der Waals surface area contributed by atoms with Crippen LogP contribution in [0.3, 0.4) is 0 Å². The van der Waals surface area contributed by atoms with Crippen LogP contribution in [0.1, 0.15) is 17.5 Å². The highest BCUT2D eigenvalue weighted by molar-refractivity contribution is 5.97. The molecule has 0 aliphatic carbocycles. The van der Waals surface area contributed by atoms with E-state index in [4.69, 9.17) is 0 Å². The minimum Gasteiger partial charge on any atom is -0.508 e. The van der Waals surface area contributed by atoms with Crippen molar-refractivity contribution in [3.8, 4) is 11.8 Å². The predicted octanol–water partition coefficient (Wildman–Crippen LogP) is 2.91. The smallest absolute Gasteiger partial charge is 0.263 e. The Morgan fingerprint density at radius 3 is 2.77 bits per heavy atom. The second-order valence-corrected chi connectivity index (χ2v) is 6.25. The van der Waals surface area contributed by atoms with Crippen LogP contribution in [-0.4, -0.2) is 24.1 Å². The van der Waals surface area contributed by atoms with E-state index >= 15 is 0 Å². The van der Waals surface area contributed by atoms with Gasteiger partial charge in [0.05, 0.1) is 0 Å². The number of hydrogen-bond donors (Lipinski definition) is 2. The lowest BCUT2D eigenvalue weighted by molar-refractivity contribution is -0.117. The van der Waals surface area contributed by atoms with Crippen molar-refractivity contribution in [2.24, 2.45) is 0 Å². The van der Waals surface area contributed by atoms with Crippen LogP contribution in [0, 0.1) is 11.3 Å². The molecule has 1 amide bonds. The molecule has 0 saturated carbocycles. The van der Waals surface area contributed by atoms with Crippen molar-refractivity contribution in [2.45, 2.75) is 19.3 Å². The van der Waals surface area contributed by atoms with Gasteiger partial charge in [-0.05, 0) is 48.6 Å². The van der Waals surface area contributed by atoms with Gasteiger partial charge in [-0.25, -0.2) is 0 Å². The number of amides is 1. The molecule has 26 heavy (non-hydrogen) atoms. The number of nitriles is 1. The lowest BCUT2D eigenvalue weighted by Gasteiger charge is -2.28. The molecule has 0 saturated heterocycles. The quantitative estimate of drug-likeness (QED) is 0.644. The van der Waals surface area contributed by atoms with Gasteiger partial charge >= 0.3 is 0 Å². The number of aromatic hydroxyl groups is 1. The van der Waals surface area contributed by atoms with Gasteiger partial charge in [-0.2, -0.15) is 5.26 Å². The van der Waals surface area contributed by atoms with Gasteiger partial charge in [0.15, 0.2) is 0 Å². The molecule has 0 radical (unpaired) electrons. The molecule has 5 heteroatoms. The fraction of sp³-hybridized carbons (Fsp3) is 0.238. The van der Waals surface area contributed by atoms with Gasteiger partial charge in [0.2, 0.25) is 0 Å². The summed E-state index contributed by atoms with van der Waals surface area (Å²) in [5.74, 6) is -0.149. The summed E-state index contributed by atoms with van der Waals surface area (Å²) in [4.78, 5) is 14.3. The number of fused-ring (bicyclic) bond motifs is 1. The number of nitrogens with one attached hydrogen (secondary N) is 1. The van der Waals surface area contributed by atoms with Crippen molar-refractivity contribution in [1.82, 2.24) is 5.32 Å². The number of nitrogens with zero attached hydrogens (tertiary/aromatic N) is 2. The van der Waals surface area contributed by atoms with Crippen LogP contribution in [0.2, 0.25) is 0 Å². The molecular formula is C21H21N3O2. The number of carbonyl (C=O) groups is 1. The molecule has 0 atom stereocenters. The van der Waals surface area contributed by atoms with Crippen molar-refractivity contribution >= 4 is 11.6 Å². The van der Waals surface area contributed by atoms with Crippen molar-refractivity contribution in [1.29, 1.82) is 5.26 Å². The standard InChI is InChI=1S/C21H21N3O2/c22-14-18(15-24-13-3-5-17-4-1-2-6-20(17)24)21(26)23-12-11-16-7-9-19(25)10-8-16/h1-2,4,6-10,15,25H,3,5,11-13H2,(H,23,26)/b18-15-. The van der Waals surface area contributed by atoms with E-state index in [-0.39, 0.29) is 17.2 Å². The van der Waals surface area contributed by atoms with Crippen LogP contribution >= 0.6 is 0 Å². The van der Waals surface area contributed by atoms with E-state index in [1.54, 1.807) is 18.3 Å². The zero-order valence-electron chi connectivity index (χ0n) is 14.5. The molecule has 0 spiro atoms. The number of aryl methyl sites for hydroxylation is 1. The number of anilines is 1. The SMILES string of the molecule is N#C/C(=C/N1CCCc2ccccc21)C(=O)NCCc1ccc(O)cc1. The molecule has 5 nitrogen and oxygen atoms in total. The third kappa shape index (κ3) is 4.22. The molecule has 0 unspecified atom stereocenters. The van der Waals surface area contributed by atoms with E-state index in [1.807, 2.05) is 41.3 Å². The van der Waals surface area contributed by atoms with Crippen LogP contribution in [0.4, 0.5) is 5.69 Å². The second-order valence-electron chi connectivity index (χ2n) is 6.25. The first-order valence-corrected chi connectivity index (χ1v) is 8.70. The molecule has 2 N–H and O–H groups in total. The minimum absolute atomic E-state index is 0.104. The Kier molecular flexibility index (Phi) is 5.55. The van der Waals surface area contributed by atoms with Gasteiger partial charge in [0, 0.05) is 25.0 Å². The highest BCUT2D eigenvalue weighted by Crippen LogP contribution is 2.27. The van der Waals surface area contributed by atoms with Gasteiger partial charge in [-0.1, -0.05) is 30.3 Å². The molecule has 1 aliphatic heterocycles. The van der Waals surface area contributed by atoms with E-state index in [2.05, 4.69) is 11.4 Å². The van der Waals surface area contributed by atoms with Crippen LogP contribution in [-0.2, 0) is 17.6 Å². The third-order valence-electron chi connectivity index (χ3n) is 4.43. The number of para-hydroxylation sites is 1.